The van der Waals surface area contributed by atoms with E-state index in [2.05, 4.69) is 42.5 Å². The van der Waals surface area contributed by atoms with Crippen LogP contribution in [-0.4, -0.2) is 22.8 Å². The lowest BCUT2D eigenvalue weighted by Gasteiger charge is -2.19. The van der Waals surface area contributed by atoms with Gasteiger partial charge in [-0.2, -0.15) is 0 Å². The number of nitrogens with one attached hydrogen (secondary N) is 2. The van der Waals surface area contributed by atoms with Crippen molar-refractivity contribution in [3.63, 3.8) is 0 Å². The molecule has 1 aromatic heterocycles. The number of aromatic nitrogens is 1. The maximum Gasteiger partial charge on any atom is 0.270 e. The molecule has 1 saturated carbocycles. The summed E-state index contributed by atoms with van der Waals surface area (Å²) in [5, 5.41) is 5.83. The van der Waals surface area contributed by atoms with Crippen molar-refractivity contribution in [1.29, 1.82) is 0 Å². The molecule has 0 saturated heterocycles. The molecule has 0 aliphatic heterocycles. The van der Waals surface area contributed by atoms with Gasteiger partial charge >= 0.3 is 0 Å². The van der Waals surface area contributed by atoms with E-state index in [0.29, 0.717) is 17.2 Å². The third-order valence-electron chi connectivity index (χ3n) is 5.39. The molecular formula is C28H29N3O3. The molecule has 0 spiro atoms. The molecule has 0 radical (unpaired) electrons. The lowest BCUT2D eigenvalue weighted by Crippen LogP contribution is -2.26. The maximum absolute atomic E-state index is 12.4. The Morgan fingerprint density at radius 2 is 1.76 bits per heavy atom. The molecule has 1 heterocycles. The third-order valence-corrected chi connectivity index (χ3v) is 5.39. The van der Waals surface area contributed by atoms with E-state index in [9.17, 15) is 9.59 Å². The Morgan fingerprint density at radius 1 is 1.00 bits per heavy atom. The Morgan fingerprint density at radius 3 is 2.53 bits per heavy atom. The van der Waals surface area contributed by atoms with Gasteiger partial charge in [0.1, 0.15) is 17.2 Å². The molecule has 1 aliphatic carbocycles. The smallest absolute Gasteiger partial charge is 0.270 e. The van der Waals surface area contributed by atoms with E-state index >= 15 is 0 Å². The van der Waals surface area contributed by atoms with Crippen molar-refractivity contribution < 1.29 is 14.3 Å². The van der Waals surface area contributed by atoms with Crippen LogP contribution in [-0.2, 0) is 10.2 Å². The van der Waals surface area contributed by atoms with Gasteiger partial charge in [0.25, 0.3) is 5.91 Å². The van der Waals surface area contributed by atoms with Crippen LogP contribution < -0.4 is 15.4 Å². The van der Waals surface area contributed by atoms with Gasteiger partial charge in [-0.1, -0.05) is 45.0 Å². The predicted octanol–water partition coefficient (Wildman–Crippen LogP) is 5.72. The van der Waals surface area contributed by atoms with Crippen molar-refractivity contribution in [1.82, 2.24) is 10.3 Å². The summed E-state index contributed by atoms with van der Waals surface area (Å²) < 4.78 is 5.92. The van der Waals surface area contributed by atoms with Crippen LogP contribution in [0.1, 0.15) is 55.2 Å². The molecule has 0 bridgehead atoms. The normalized spacial score (nSPS) is 13.5. The van der Waals surface area contributed by atoms with Gasteiger partial charge in [-0.25, -0.2) is 0 Å². The van der Waals surface area contributed by atoms with Gasteiger partial charge in [-0.3, -0.25) is 14.6 Å². The summed E-state index contributed by atoms with van der Waals surface area (Å²) in [5.41, 5.74) is 3.07. The first-order valence-electron chi connectivity index (χ1n) is 11.4. The van der Waals surface area contributed by atoms with Gasteiger partial charge in [0, 0.05) is 30.1 Å². The molecule has 174 valence electrons. The molecule has 4 rings (SSSR count). The molecule has 1 fully saturated rings. The fraction of sp³-hybridized carbons (Fsp3) is 0.250. The zero-order valence-electron chi connectivity index (χ0n) is 19.7. The number of ether oxygens (including phenoxy) is 1. The number of amides is 2. The van der Waals surface area contributed by atoms with Crippen molar-refractivity contribution in [2.75, 3.05) is 5.32 Å². The molecule has 6 nitrogen and oxygen atoms in total. The van der Waals surface area contributed by atoms with Gasteiger partial charge < -0.3 is 15.4 Å². The Labute approximate surface area is 200 Å². The lowest BCUT2D eigenvalue weighted by molar-refractivity contribution is -0.111. The summed E-state index contributed by atoms with van der Waals surface area (Å²) in [6.07, 6.45) is 6.82. The molecule has 2 aromatic carbocycles. The van der Waals surface area contributed by atoms with Gasteiger partial charge in [0.15, 0.2) is 0 Å². The summed E-state index contributed by atoms with van der Waals surface area (Å²) in [6, 6.07) is 18.9. The highest BCUT2D eigenvalue weighted by atomic mass is 16.5. The SMILES string of the molecule is CC(C)(C)c1cccc(NC(=O)/C=C/c2cccc(Oc3ccnc(C(=O)NC4CC4)c3)c2)c1. The first-order chi connectivity index (χ1) is 16.3. The van der Waals surface area contributed by atoms with Crippen LogP contribution >= 0.6 is 0 Å². The largest absolute Gasteiger partial charge is 0.457 e. The zero-order valence-corrected chi connectivity index (χ0v) is 19.7. The average Bonchev–Trinajstić information content (AvgIpc) is 3.62. The molecule has 6 heteroatoms. The van der Waals surface area contributed by atoms with Crippen molar-refractivity contribution in [2.45, 2.75) is 45.1 Å². The van der Waals surface area contributed by atoms with Gasteiger partial charge in [-0.05, 0) is 65.8 Å². The van der Waals surface area contributed by atoms with Crippen LogP contribution in [0.3, 0.4) is 0 Å². The second kappa shape index (κ2) is 9.91. The molecular weight excluding hydrogens is 426 g/mol. The molecule has 1 aliphatic rings. The van der Waals surface area contributed by atoms with Crippen LogP contribution in [0.15, 0.2) is 72.9 Å². The van der Waals surface area contributed by atoms with E-state index in [0.717, 1.165) is 29.7 Å². The van der Waals surface area contributed by atoms with Gasteiger partial charge in [0.05, 0.1) is 0 Å². The molecule has 34 heavy (non-hydrogen) atoms. The average molecular weight is 456 g/mol. The minimum atomic E-state index is -0.210. The van der Waals surface area contributed by atoms with E-state index < -0.39 is 0 Å². The number of rotatable bonds is 7. The quantitative estimate of drug-likeness (QED) is 0.447. The fourth-order valence-corrected chi connectivity index (χ4v) is 3.32. The highest BCUT2D eigenvalue weighted by Crippen LogP contribution is 2.25. The number of anilines is 1. The van der Waals surface area contributed by atoms with Gasteiger partial charge in [-0.15, -0.1) is 0 Å². The summed E-state index contributed by atoms with van der Waals surface area (Å²) in [7, 11) is 0. The second-order valence-electron chi connectivity index (χ2n) is 9.45. The first-order valence-corrected chi connectivity index (χ1v) is 11.4. The summed E-state index contributed by atoms with van der Waals surface area (Å²) in [5.74, 6) is 0.718. The summed E-state index contributed by atoms with van der Waals surface area (Å²) in [6.45, 7) is 6.41. The lowest BCUT2D eigenvalue weighted by atomic mass is 9.87. The Hall–Kier alpha value is -3.93. The first kappa shape index (κ1) is 23.2. The zero-order chi connectivity index (χ0) is 24.1. The van der Waals surface area contributed by atoms with Crippen LogP contribution in [0.2, 0.25) is 0 Å². The number of carbonyl (C=O) groups excluding carboxylic acids is 2. The summed E-state index contributed by atoms with van der Waals surface area (Å²) in [4.78, 5) is 28.8. The number of hydrogen-bond donors (Lipinski definition) is 2. The van der Waals surface area contributed by atoms with Crippen LogP contribution in [0, 0.1) is 0 Å². The number of carbonyl (C=O) groups is 2. The second-order valence-corrected chi connectivity index (χ2v) is 9.45. The van der Waals surface area contributed by atoms with E-state index in [1.54, 1.807) is 24.4 Å². The molecule has 2 amide bonds. The van der Waals surface area contributed by atoms with Crippen molar-refractivity contribution in [3.8, 4) is 11.5 Å². The number of nitrogens with zero attached hydrogens (tertiary/aromatic N) is 1. The topological polar surface area (TPSA) is 80.3 Å². The number of benzene rings is 2. The van der Waals surface area contributed by atoms with Crippen molar-refractivity contribution >= 4 is 23.6 Å². The Balaban J connectivity index is 1.39. The monoisotopic (exact) mass is 455 g/mol. The van der Waals surface area contributed by atoms with Crippen LogP contribution in [0.5, 0.6) is 11.5 Å². The Kier molecular flexibility index (Phi) is 6.77. The van der Waals surface area contributed by atoms with Gasteiger partial charge in [0.2, 0.25) is 5.91 Å². The maximum atomic E-state index is 12.4. The highest BCUT2D eigenvalue weighted by molar-refractivity contribution is 6.02. The fourth-order valence-electron chi connectivity index (χ4n) is 3.32. The van der Waals surface area contributed by atoms with Crippen LogP contribution in [0.4, 0.5) is 5.69 Å². The third kappa shape index (κ3) is 6.54. The minimum Gasteiger partial charge on any atom is -0.457 e. The predicted molar refractivity (Wildman–Crippen MR) is 134 cm³/mol. The molecule has 3 aromatic rings. The van der Waals surface area contributed by atoms with E-state index in [4.69, 9.17) is 4.74 Å². The van der Waals surface area contributed by atoms with E-state index in [-0.39, 0.29) is 23.3 Å². The van der Waals surface area contributed by atoms with Crippen molar-refractivity contribution in [2.24, 2.45) is 0 Å². The number of hydrogen-bond acceptors (Lipinski definition) is 4. The van der Waals surface area contributed by atoms with Crippen molar-refractivity contribution in [3.05, 3.63) is 89.8 Å². The standard InChI is InChI=1S/C28H29N3O3/c1-28(2,3)20-7-5-8-22(17-20)30-26(32)13-10-19-6-4-9-23(16-19)34-24-14-15-29-25(18-24)27(33)31-21-11-12-21/h4-10,13-18,21H,11-12H2,1-3H3,(H,30,32)(H,31,33)/b13-10+. The van der Waals surface area contributed by atoms with Crippen LogP contribution in [0.25, 0.3) is 6.08 Å². The highest BCUT2D eigenvalue weighted by Gasteiger charge is 2.24. The minimum absolute atomic E-state index is 0.00755. The summed E-state index contributed by atoms with van der Waals surface area (Å²) >= 11 is 0. The molecule has 0 unspecified atom stereocenters. The molecule has 0 atom stereocenters. The Bertz CT molecular complexity index is 1220. The van der Waals surface area contributed by atoms with E-state index in [1.165, 1.54) is 6.08 Å². The molecule has 2 N–H and O–H groups in total. The number of pyridine rings is 1. The van der Waals surface area contributed by atoms with E-state index in [1.807, 2.05) is 42.5 Å².